The van der Waals surface area contributed by atoms with Gasteiger partial charge in [0.05, 0.1) is 40.3 Å². The van der Waals surface area contributed by atoms with Gasteiger partial charge in [-0.05, 0) is 122 Å². The van der Waals surface area contributed by atoms with Crippen molar-refractivity contribution in [3.05, 3.63) is 223 Å². The van der Waals surface area contributed by atoms with Crippen LogP contribution >= 0.6 is 7.82 Å². The standard InChI is InChI=1S/C45H54O5.C10H10.C8H19O4P.C5H8O2.C5H10O.CO2/c1-8-30-49-34(4)50-42(47)44(6,41(46)48-7)33-45(39-22-16-12-17-23-39,40-24-18-13-19-25-40)32-37(36-28-26-35(9-2)27-29-36)31-43(5,10-3)38-20-14-11-15-21-38;1-3-9-5-7-10(4-2)8-6-9;1-3-5-6-8(4-2)7-12-13(9,10)11;1-4(2)5(6)7-3;1-3-5-6-4-2;2-1-3/h9,11-29,34,37H,2,8,10,30-33H2,1,3-7H3;3-8H,1-2H2;8H,3-7H2,1-2H3,(H2,9,10,11);1H2,2-3H3;4H,2-3,5H2,1H3;. The highest BCUT2D eigenvalue weighted by atomic mass is 31.2. The van der Waals surface area contributed by atoms with E-state index in [1.807, 2.05) is 92.7 Å². The first-order valence-electron chi connectivity index (χ1n) is 30.2. The van der Waals surface area contributed by atoms with Gasteiger partial charge in [-0.2, -0.15) is 9.59 Å². The molecule has 5 aromatic carbocycles. The molecule has 14 nitrogen and oxygen atoms in total. The van der Waals surface area contributed by atoms with Crippen LogP contribution in [0.4, 0.5) is 0 Å². The lowest BCUT2D eigenvalue weighted by Crippen LogP contribution is -2.47. The molecule has 486 valence electrons. The normalized spacial score (nSPS) is 12.8. The highest BCUT2D eigenvalue weighted by molar-refractivity contribution is 7.46. The number of phosphoric ester groups is 1. The molecule has 5 unspecified atom stereocenters. The lowest BCUT2D eigenvalue weighted by Gasteiger charge is -2.44. The molecule has 0 saturated heterocycles. The summed E-state index contributed by atoms with van der Waals surface area (Å²) in [6, 6.07) is 47.9. The van der Waals surface area contributed by atoms with Gasteiger partial charge in [-0.25, -0.2) is 9.36 Å². The number of carbonyl (C=O) groups excluding carboxylic acids is 5. The van der Waals surface area contributed by atoms with Crippen molar-refractivity contribution < 1.29 is 66.5 Å². The third-order valence-electron chi connectivity index (χ3n) is 14.8. The van der Waals surface area contributed by atoms with E-state index in [-0.39, 0.29) is 42.4 Å². The molecule has 0 aliphatic heterocycles. The van der Waals surface area contributed by atoms with E-state index in [1.54, 1.807) is 20.8 Å². The third kappa shape index (κ3) is 31.0. The molecule has 0 saturated carbocycles. The van der Waals surface area contributed by atoms with Crippen molar-refractivity contribution in [3.63, 3.8) is 0 Å². The fourth-order valence-electron chi connectivity index (χ4n) is 9.58. The van der Waals surface area contributed by atoms with Crippen molar-refractivity contribution in [2.24, 2.45) is 11.3 Å². The number of carbonyl (C=O) groups is 3. The number of benzene rings is 5. The van der Waals surface area contributed by atoms with Crippen LogP contribution in [0.2, 0.25) is 0 Å². The Bertz CT molecular complexity index is 2810. The number of hydrogen-bond donors (Lipinski definition) is 2. The van der Waals surface area contributed by atoms with Crippen LogP contribution in [0, 0.1) is 11.3 Å². The molecular weight excluding hydrogens is 1140 g/mol. The van der Waals surface area contributed by atoms with Crippen LogP contribution < -0.4 is 0 Å². The second-order valence-electron chi connectivity index (χ2n) is 21.6. The SMILES string of the molecule is C=C(C)C(=O)OC.C=COCCC.C=Cc1ccc(C(CC(C)(CC)c2ccccc2)CC(CC(C)(C(=O)OC)C(=O)OC(C)OCCC)(c2ccccc2)c2ccccc2)cc1.C=Cc1ccc(C=C)cc1.CCCCC(CC)COP(=O)(O)O.O=C=O. The summed E-state index contributed by atoms with van der Waals surface area (Å²) in [6.45, 7) is 37.1. The molecule has 89 heavy (non-hydrogen) atoms. The first kappa shape index (κ1) is 81.5. The van der Waals surface area contributed by atoms with E-state index in [4.69, 9.17) is 38.3 Å². The van der Waals surface area contributed by atoms with Gasteiger partial charge in [-0.15, -0.1) is 0 Å². The zero-order valence-electron chi connectivity index (χ0n) is 54.8. The van der Waals surface area contributed by atoms with Gasteiger partial charge in [0.1, 0.15) is 0 Å². The summed E-state index contributed by atoms with van der Waals surface area (Å²) >= 11 is 0. The summed E-state index contributed by atoms with van der Waals surface area (Å²) in [5.41, 5.74) is 5.63. The third-order valence-corrected chi connectivity index (χ3v) is 15.3. The van der Waals surface area contributed by atoms with E-state index in [9.17, 15) is 18.9 Å². The summed E-state index contributed by atoms with van der Waals surface area (Å²) in [4.78, 5) is 71.6. The van der Waals surface area contributed by atoms with Crippen LogP contribution in [0.1, 0.15) is 171 Å². The van der Waals surface area contributed by atoms with Crippen molar-refractivity contribution in [1.29, 1.82) is 0 Å². The van der Waals surface area contributed by atoms with Gasteiger partial charge in [-0.1, -0.05) is 251 Å². The molecular formula is C74H101O14P. The van der Waals surface area contributed by atoms with E-state index in [0.29, 0.717) is 18.6 Å². The van der Waals surface area contributed by atoms with Gasteiger partial charge >= 0.3 is 31.9 Å². The van der Waals surface area contributed by atoms with Gasteiger partial charge in [0.15, 0.2) is 11.7 Å². The first-order valence-corrected chi connectivity index (χ1v) is 31.8. The summed E-state index contributed by atoms with van der Waals surface area (Å²) < 4.78 is 40.8. The number of ether oxygens (including phenoxy) is 5. The largest absolute Gasteiger partial charge is 0.502 e. The van der Waals surface area contributed by atoms with Crippen LogP contribution in [0.25, 0.3) is 18.2 Å². The molecule has 0 aliphatic carbocycles. The Morgan fingerprint density at radius 3 is 1.43 bits per heavy atom. The summed E-state index contributed by atoms with van der Waals surface area (Å²) in [6.07, 6.45) is 14.8. The van der Waals surface area contributed by atoms with Gasteiger partial charge < -0.3 is 33.5 Å². The van der Waals surface area contributed by atoms with Crippen molar-refractivity contribution >= 4 is 50.1 Å². The minimum absolute atomic E-state index is 0.0177. The molecule has 0 amide bonds. The number of unbranched alkanes of at least 4 members (excludes halogenated alkanes) is 1. The Hall–Kier alpha value is -7.54. The Morgan fingerprint density at radius 1 is 0.640 bits per heavy atom. The molecule has 0 radical (unpaired) electrons. The van der Waals surface area contributed by atoms with E-state index in [0.717, 1.165) is 85.8 Å². The summed E-state index contributed by atoms with van der Waals surface area (Å²) in [5.74, 6) is -1.37. The second-order valence-corrected chi connectivity index (χ2v) is 22.8. The molecule has 0 spiro atoms. The van der Waals surface area contributed by atoms with Gasteiger partial charge in [-0.3, -0.25) is 14.1 Å². The zero-order chi connectivity index (χ0) is 67.3. The van der Waals surface area contributed by atoms with Crippen molar-refractivity contribution in [2.75, 3.05) is 34.0 Å². The maximum Gasteiger partial charge on any atom is 0.469 e. The number of methoxy groups -OCH3 is 2. The summed E-state index contributed by atoms with van der Waals surface area (Å²) in [5, 5.41) is 0. The second kappa shape index (κ2) is 45.7. The minimum Gasteiger partial charge on any atom is -0.502 e. The zero-order valence-corrected chi connectivity index (χ0v) is 55.7. The molecule has 0 aromatic heterocycles. The molecule has 5 aromatic rings. The molecule has 0 heterocycles. The van der Waals surface area contributed by atoms with E-state index in [2.05, 4.69) is 149 Å². The molecule has 2 N–H and O–H groups in total. The molecule has 0 bridgehead atoms. The molecule has 0 aliphatic rings. The highest BCUT2D eigenvalue weighted by Crippen LogP contribution is 2.52. The topological polar surface area (TPSA) is 198 Å². The average Bonchev–Trinajstić information content (AvgIpc) is 1.13. The molecule has 5 atom stereocenters. The Kier molecular flexibility index (Phi) is 41.8. The lowest BCUT2D eigenvalue weighted by atomic mass is 9.59. The Balaban J connectivity index is 0.00000158. The smallest absolute Gasteiger partial charge is 0.469 e. The van der Waals surface area contributed by atoms with Crippen molar-refractivity contribution in [3.8, 4) is 0 Å². The maximum absolute atomic E-state index is 14.3. The quantitative estimate of drug-likeness (QED) is 0.00621. The van der Waals surface area contributed by atoms with Crippen LogP contribution in [0.5, 0.6) is 0 Å². The molecule has 15 heteroatoms. The lowest BCUT2D eigenvalue weighted by molar-refractivity contribution is -0.193. The van der Waals surface area contributed by atoms with Gasteiger partial charge in [0.25, 0.3) is 0 Å². The van der Waals surface area contributed by atoms with Crippen LogP contribution in [0.15, 0.2) is 184 Å². The minimum atomic E-state index is -4.26. The van der Waals surface area contributed by atoms with Crippen LogP contribution in [-0.4, -0.2) is 74.2 Å². The number of esters is 3. The first-order chi connectivity index (χ1) is 42.4. The van der Waals surface area contributed by atoms with E-state index < -0.39 is 36.9 Å². The van der Waals surface area contributed by atoms with Gasteiger partial charge in [0.2, 0.25) is 0 Å². The van der Waals surface area contributed by atoms with Crippen molar-refractivity contribution in [2.45, 2.75) is 150 Å². The van der Waals surface area contributed by atoms with E-state index >= 15 is 0 Å². The Morgan fingerprint density at radius 2 is 1.09 bits per heavy atom. The molecule has 0 fully saturated rings. The highest BCUT2D eigenvalue weighted by Gasteiger charge is 2.53. The number of hydrogen-bond acceptors (Lipinski definition) is 12. The summed E-state index contributed by atoms with van der Waals surface area (Å²) in [7, 11) is -1.61. The monoisotopic (exact) mass is 1240 g/mol. The van der Waals surface area contributed by atoms with E-state index in [1.165, 1.54) is 31.6 Å². The fraction of sp³-hybridized carbons (Fsp3) is 0.405. The van der Waals surface area contributed by atoms with Crippen molar-refractivity contribution in [1.82, 2.24) is 0 Å². The number of phosphoric acid groups is 1. The van der Waals surface area contributed by atoms with Gasteiger partial charge in [0, 0.05) is 11.0 Å². The predicted octanol–water partition coefficient (Wildman–Crippen LogP) is 17.4. The Labute approximate surface area is 532 Å². The average molecular weight is 1250 g/mol. The maximum atomic E-state index is 14.3. The molecule has 5 rings (SSSR count). The predicted molar refractivity (Wildman–Crippen MR) is 359 cm³/mol. The number of rotatable bonds is 31. The van der Waals surface area contributed by atoms with Crippen LogP contribution in [0.3, 0.4) is 0 Å². The van der Waals surface area contributed by atoms with Crippen LogP contribution in [-0.2, 0) is 67.6 Å². The fourth-order valence-corrected chi connectivity index (χ4v) is 9.98.